The van der Waals surface area contributed by atoms with Gasteiger partial charge < -0.3 is 14.4 Å². The maximum absolute atomic E-state index is 10.9. The zero-order valence-electron chi connectivity index (χ0n) is 10.5. The van der Waals surface area contributed by atoms with Crippen LogP contribution in [0.25, 0.3) is 0 Å². The molecule has 0 fully saturated rings. The summed E-state index contributed by atoms with van der Waals surface area (Å²) in [6, 6.07) is 0. The predicted molar refractivity (Wildman–Crippen MR) is 62.7 cm³/mol. The van der Waals surface area contributed by atoms with Crippen molar-refractivity contribution in [1.29, 1.82) is 0 Å². The fraction of sp³-hybridized carbons (Fsp3) is 1.00. The van der Waals surface area contributed by atoms with Gasteiger partial charge in [0.05, 0.1) is 0 Å². The molecular formula is C10H23O5P. The van der Waals surface area contributed by atoms with E-state index in [0.717, 1.165) is 0 Å². The summed E-state index contributed by atoms with van der Waals surface area (Å²) in [4.78, 5) is 8.95. The van der Waals surface area contributed by atoms with Crippen LogP contribution in [0.2, 0.25) is 0 Å². The minimum atomic E-state index is -3.01. The van der Waals surface area contributed by atoms with Gasteiger partial charge in [-0.1, -0.05) is 13.8 Å². The van der Waals surface area contributed by atoms with E-state index in [1.54, 1.807) is 0 Å². The predicted octanol–water partition coefficient (Wildman–Crippen LogP) is 2.34. The van der Waals surface area contributed by atoms with Crippen molar-refractivity contribution in [2.45, 2.75) is 52.4 Å². The maximum Gasteiger partial charge on any atom is 0.317 e. The Morgan fingerprint density at radius 2 is 1.56 bits per heavy atom. The van der Waals surface area contributed by atoms with E-state index in [-0.39, 0.29) is 0 Å². The second-order valence-electron chi connectivity index (χ2n) is 3.38. The molecule has 98 valence electrons. The monoisotopic (exact) mass is 254 g/mol. The first-order valence-corrected chi connectivity index (χ1v) is 6.97. The molecule has 0 bridgehead atoms. The molecule has 5 nitrogen and oxygen atoms in total. The highest BCUT2D eigenvalue weighted by Crippen LogP contribution is 2.36. The molecule has 16 heavy (non-hydrogen) atoms. The fourth-order valence-corrected chi connectivity index (χ4v) is 2.34. The van der Waals surface area contributed by atoms with Crippen molar-refractivity contribution in [2.75, 3.05) is 13.2 Å². The molecule has 0 aliphatic carbocycles. The quantitative estimate of drug-likeness (QED) is 0.505. The van der Waals surface area contributed by atoms with Crippen LogP contribution in [0, 0.1) is 0 Å². The van der Waals surface area contributed by atoms with Gasteiger partial charge in [-0.25, -0.2) is 0 Å². The Hall–Kier alpha value is 0.0700. The molecule has 0 rings (SSSR count). The van der Waals surface area contributed by atoms with E-state index in [1.807, 2.05) is 27.7 Å². The molecule has 1 N–H and O–H groups in total. The third kappa shape index (κ3) is 4.52. The lowest BCUT2D eigenvalue weighted by Crippen LogP contribution is -2.46. The Kier molecular flexibility index (Phi) is 8.24. The lowest BCUT2D eigenvalue weighted by Gasteiger charge is -2.37. The van der Waals surface area contributed by atoms with E-state index in [9.17, 15) is 4.57 Å². The number of rotatable bonds is 9. The average molecular weight is 254 g/mol. The van der Waals surface area contributed by atoms with Gasteiger partial charge in [0.1, 0.15) is 5.60 Å². The molecule has 0 aromatic carbocycles. The standard InChI is InChI=1S/C10H23O5P/c1-5-10(6-2,15-16(11)12)9(13-7-3)14-8-4/h9,16H,5-8H2,1-4H3,(H,11,12). The van der Waals surface area contributed by atoms with Crippen LogP contribution in [0.5, 0.6) is 0 Å². The summed E-state index contributed by atoms with van der Waals surface area (Å²) >= 11 is 0. The second kappa shape index (κ2) is 8.20. The van der Waals surface area contributed by atoms with Gasteiger partial charge in [0.2, 0.25) is 0 Å². The van der Waals surface area contributed by atoms with E-state index in [2.05, 4.69) is 0 Å². The van der Waals surface area contributed by atoms with Gasteiger partial charge >= 0.3 is 8.25 Å². The Morgan fingerprint density at radius 1 is 1.12 bits per heavy atom. The lowest BCUT2D eigenvalue weighted by molar-refractivity contribution is -0.227. The van der Waals surface area contributed by atoms with Gasteiger partial charge in [0.15, 0.2) is 6.29 Å². The molecule has 0 aliphatic heterocycles. The largest absolute Gasteiger partial charge is 0.350 e. The Labute approximate surface area is 98.0 Å². The zero-order valence-corrected chi connectivity index (χ0v) is 11.5. The molecule has 0 heterocycles. The Morgan fingerprint density at radius 3 is 1.81 bits per heavy atom. The van der Waals surface area contributed by atoms with E-state index in [1.165, 1.54) is 0 Å². The van der Waals surface area contributed by atoms with Gasteiger partial charge in [-0.2, -0.15) is 0 Å². The van der Waals surface area contributed by atoms with Crippen LogP contribution in [0.4, 0.5) is 0 Å². The molecular weight excluding hydrogens is 231 g/mol. The molecule has 1 unspecified atom stereocenters. The van der Waals surface area contributed by atoms with Gasteiger partial charge in [-0.15, -0.1) is 0 Å². The first-order chi connectivity index (χ1) is 7.56. The Balaban J connectivity index is 4.84. The first-order valence-electron chi connectivity index (χ1n) is 5.71. The molecule has 0 aliphatic rings. The van der Waals surface area contributed by atoms with Crippen molar-refractivity contribution in [1.82, 2.24) is 0 Å². The summed E-state index contributed by atoms with van der Waals surface area (Å²) in [6.07, 6.45) is 0.523. The maximum atomic E-state index is 10.9. The Bertz CT molecular complexity index is 199. The summed E-state index contributed by atoms with van der Waals surface area (Å²) < 4.78 is 27.0. The van der Waals surface area contributed by atoms with E-state index in [0.29, 0.717) is 26.1 Å². The third-order valence-corrected chi connectivity index (χ3v) is 3.13. The number of hydrogen-bond acceptors (Lipinski definition) is 4. The summed E-state index contributed by atoms with van der Waals surface area (Å²) in [6.45, 7) is 8.43. The normalized spacial score (nSPS) is 14.4. The van der Waals surface area contributed by atoms with Gasteiger partial charge in [0, 0.05) is 13.2 Å². The minimum absolute atomic E-state index is 0.474. The van der Waals surface area contributed by atoms with Crippen molar-refractivity contribution < 1.29 is 23.5 Å². The molecule has 0 radical (unpaired) electrons. The number of ether oxygens (including phenoxy) is 2. The van der Waals surface area contributed by atoms with E-state index < -0.39 is 20.1 Å². The van der Waals surface area contributed by atoms with Crippen molar-refractivity contribution in [3.8, 4) is 0 Å². The summed E-state index contributed by atoms with van der Waals surface area (Å²) in [5.41, 5.74) is -0.836. The van der Waals surface area contributed by atoms with E-state index in [4.69, 9.17) is 18.9 Å². The molecule has 0 aromatic rings. The van der Waals surface area contributed by atoms with Crippen LogP contribution in [0.1, 0.15) is 40.5 Å². The van der Waals surface area contributed by atoms with Gasteiger partial charge in [-0.3, -0.25) is 9.09 Å². The van der Waals surface area contributed by atoms with Crippen LogP contribution in [0.3, 0.4) is 0 Å². The van der Waals surface area contributed by atoms with Crippen molar-refractivity contribution in [3.05, 3.63) is 0 Å². The average Bonchev–Trinajstić information content (AvgIpc) is 2.25. The highest BCUT2D eigenvalue weighted by atomic mass is 31.1. The molecule has 0 saturated carbocycles. The van der Waals surface area contributed by atoms with Crippen LogP contribution < -0.4 is 0 Å². The highest BCUT2D eigenvalue weighted by Gasteiger charge is 2.40. The van der Waals surface area contributed by atoms with Crippen molar-refractivity contribution in [3.63, 3.8) is 0 Å². The topological polar surface area (TPSA) is 65.0 Å². The van der Waals surface area contributed by atoms with Crippen LogP contribution in [-0.2, 0) is 18.6 Å². The SMILES string of the molecule is CCOC(OCC)C(CC)(CC)O[PH](=O)O. The van der Waals surface area contributed by atoms with Crippen LogP contribution >= 0.6 is 8.25 Å². The van der Waals surface area contributed by atoms with E-state index >= 15 is 0 Å². The molecule has 1 atom stereocenters. The van der Waals surface area contributed by atoms with Crippen LogP contribution in [-0.4, -0.2) is 30.0 Å². The molecule has 0 amide bonds. The molecule has 0 spiro atoms. The van der Waals surface area contributed by atoms with Gasteiger partial charge in [0.25, 0.3) is 0 Å². The molecule has 0 aromatic heterocycles. The smallest absolute Gasteiger partial charge is 0.317 e. The summed E-state index contributed by atoms with van der Waals surface area (Å²) in [5, 5.41) is 0. The highest BCUT2D eigenvalue weighted by molar-refractivity contribution is 7.32. The van der Waals surface area contributed by atoms with Crippen molar-refractivity contribution in [2.24, 2.45) is 0 Å². The van der Waals surface area contributed by atoms with Crippen molar-refractivity contribution >= 4 is 8.25 Å². The summed E-state index contributed by atoms with van der Waals surface area (Å²) in [5.74, 6) is 0. The lowest BCUT2D eigenvalue weighted by atomic mass is 9.97. The van der Waals surface area contributed by atoms with Gasteiger partial charge in [-0.05, 0) is 26.7 Å². The minimum Gasteiger partial charge on any atom is -0.350 e. The third-order valence-electron chi connectivity index (χ3n) is 2.55. The van der Waals surface area contributed by atoms with Crippen LogP contribution in [0.15, 0.2) is 0 Å². The fourth-order valence-electron chi connectivity index (χ4n) is 1.60. The molecule has 0 saturated heterocycles. The number of hydrogen-bond donors (Lipinski definition) is 1. The summed E-state index contributed by atoms with van der Waals surface area (Å²) in [7, 11) is -3.01. The molecule has 6 heteroatoms. The first kappa shape index (κ1) is 16.1. The second-order valence-corrected chi connectivity index (χ2v) is 4.12. The zero-order chi connectivity index (χ0) is 12.6.